The monoisotopic (exact) mass is 191 g/mol. The average Bonchev–Trinajstić information content (AvgIpc) is 2.47. The van der Waals surface area contributed by atoms with Gasteiger partial charge in [-0.3, -0.25) is 4.99 Å². The third kappa shape index (κ3) is 1.97. The minimum Gasteiger partial charge on any atom is -0.285 e. The summed E-state index contributed by atoms with van der Waals surface area (Å²) in [6, 6.07) is -0.0637. The fourth-order valence-electron chi connectivity index (χ4n) is 1.40. The lowest BCUT2D eigenvalue weighted by Gasteiger charge is -2.21. The molecule has 76 valence electrons. The highest BCUT2D eigenvalue weighted by Crippen LogP contribution is 2.24. The first kappa shape index (κ1) is 10.8. The summed E-state index contributed by atoms with van der Waals surface area (Å²) in [4.78, 5) is 4.07. The Labute approximate surface area is 85.3 Å². The van der Waals surface area contributed by atoms with Crippen LogP contribution in [0.25, 0.3) is 0 Å². The van der Waals surface area contributed by atoms with Crippen LogP contribution in [0.15, 0.2) is 27.3 Å². The second-order valence-electron chi connectivity index (χ2n) is 4.35. The first-order chi connectivity index (χ1) is 6.50. The zero-order chi connectivity index (χ0) is 10.8. The Morgan fingerprint density at radius 2 is 2.00 bits per heavy atom. The Balaban J connectivity index is 2.94. The summed E-state index contributed by atoms with van der Waals surface area (Å²) >= 11 is 0. The molecule has 0 spiro atoms. The summed E-state index contributed by atoms with van der Waals surface area (Å²) in [5.74, 6) is 0. The number of hydrogen-bond acceptors (Lipinski definition) is 3. The molecule has 1 aliphatic heterocycles. The summed E-state index contributed by atoms with van der Waals surface area (Å²) < 4.78 is 0. The van der Waals surface area contributed by atoms with E-state index in [1.54, 1.807) is 0 Å². The zero-order valence-corrected chi connectivity index (χ0v) is 9.28. The van der Waals surface area contributed by atoms with E-state index in [0.29, 0.717) is 0 Å². The molecule has 1 atom stereocenters. The van der Waals surface area contributed by atoms with Crippen molar-refractivity contribution in [2.24, 2.45) is 20.6 Å². The quantitative estimate of drug-likeness (QED) is 0.601. The Bertz CT molecular complexity index is 316. The molecule has 3 nitrogen and oxygen atoms in total. The van der Waals surface area contributed by atoms with Gasteiger partial charge in [-0.15, -0.1) is 0 Å². The van der Waals surface area contributed by atoms with Gasteiger partial charge in [0.25, 0.3) is 0 Å². The highest BCUT2D eigenvalue weighted by molar-refractivity contribution is 6.20. The van der Waals surface area contributed by atoms with Gasteiger partial charge in [0.05, 0.1) is 11.4 Å². The molecule has 3 heteroatoms. The molecule has 0 aliphatic carbocycles. The van der Waals surface area contributed by atoms with E-state index >= 15 is 0 Å². The van der Waals surface area contributed by atoms with Gasteiger partial charge < -0.3 is 0 Å². The van der Waals surface area contributed by atoms with Crippen molar-refractivity contribution in [3.05, 3.63) is 12.2 Å². The van der Waals surface area contributed by atoms with Gasteiger partial charge in [-0.1, -0.05) is 26.8 Å². The summed E-state index contributed by atoms with van der Waals surface area (Å²) in [6.45, 7) is 11.9. The third-order valence-corrected chi connectivity index (χ3v) is 2.10. The maximum Gasteiger partial charge on any atom is 0.133 e. The van der Waals surface area contributed by atoms with Gasteiger partial charge in [0.1, 0.15) is 6.04 Å². The molecule has 0 saturated carbocycles. The fraction of sp³-hybridized carbons (Fsp3) is 0.545. The van der Waals surface area contributed by atoms with Crippen molar-refractivity contribution in [3.8, 4) is 0 Å². The van der Waals surface area contributed by atoms with Crippen molar-refractivity contribution in [2.45, 2.75) is 33.7 Å². The normalized spacial score (nSPS) is 22.4. The minimum atomic E-state index is -0.0637. The molecular formula is C11H17N3. The van der Waals surface area contributed by atoms with Crippen molar-refractivity contribution in [3.63, 3.8) is 0 Å². The topological polar surface area (TPSA) is 37.1 Å². The van der Waals surface area contributed by atoms with Crippen LogP contribution >= 0.6 is 0 Å². The first-order valence-electron chi connectivity index (χ1n) is 4.75. The maximum absolute atomic E-state index is 4.18. The Morgan fingerprint density at radius 1 is 1.36 bits per heavy atom. The summed E-state index contributed by atoms with van der Waals surface area (Å²) in [6.07, 6.45) is 3.87. The van der Waals surface area contributed by atoms with E-state index in [4.69, 9.17) is 0 Å². The lowest BCUT2D eigenvalue weighted by Crippen LogP contribution is -2.33. The summed E-state index contributed by atoms with van der Waals surface area (Å²) in [5.41, 5.74) is 1.87. The third-order valence-electron chi connectivity index (χ3n) is 2.10. The molecular weight excluding hydrogens is 174 g/mol. The molecule has 0 saturated heterocycles. The van der Waals surface area contributed by atoms with Crippen molar-refractivity contribution in [2.75, 3.05) is 0 Å². The van der Waals surface area contributed by atoms with Crippen molar-refractivity contribution >= 4 is 18.1 Å². The van der Waals surface area contributed by atoms with Gasteiger partial charge in [-0.2, -0.15) is 10.2 Å². The number of hydrogen-bond donors (Lipinski definition) is 0. The second kappa shape index (κ2) is 3.86. The van der Waals surface area contributed by atoms with Gasteiger partial charge in [0.15, 0.2) is 0 Å². The van der Waals surface area contributed by atoms with E-state index in [1.807, 2.05) is 19.1 Å². The van der Waals surface area contributed by atoms with Crippen LogP contribution in [0.1, 0.15) is 27.7 Å². The minimum absolute atomic E-state index is 0.00130. The van der Waals surface area contributed by atoms with Crippen molar-refractivity contribution in [1.29, 1.82) is 0 Å². The van der Waals surface area contributed by atoms with Gasteiger partial charge in [0, 0.05) is 5.41 Å². The van der Waals surface area contributed by atoms with Crippen LogP contribution in [-0.2, 0) is 0 Å². The van der Waals surface area contributed by atoms with Crippen molar-refractivity contribution in [1.82, 2.24) is 0 Å². The number of allylic oxidation sites excluding steroid dienone is 1. The van der Waals surface area contributed by atoms with Gasteiger partial charge in [-0.25, -0.2) is 0 Å². The smallest absolute Gasteiger partial charge is 0.133 e. The largest absolute Gasteiger partial charge is 0.285 e. The van der Waals surface area contributed by atoms with Crippen LogP contribution in [0.3, 0.4) is 0 Å². The molecule has 1 aliphatic rings. The van der Waals surface area contributed by atoms with E-state index in [-0.39, 0.29) is 11.5 Å². The van der Waals surface area contributed by atoms with Crippen LogP contribution < -0.4 is 0 Å². The van der Waals surface area contributed by atoms with Gasteiger partial charge >= 0.3 is 0 Å². The first-order valence-corrected chi connectivity index (χ1v) is 4.75. The molecule has 0 aromatic rings. The van der Waals surface area contributed by atoms with E-state index in [9.17, 15) is 0 Å². The molecule has 1 unspecified atom stereocenters. The highest BCUT2D eigenvalue weighted by atomic mass is 15.3. The molecule has 14 heavy (non-hydrogen) atoms. The maximum atomic E-state index is 4.18. The number of aliphatic imine (C=N–C) groups is 1. The Morgan fingerprint density at radius 3 is 2.43 bits per heavy atom. The van der Waals surface area contributed by atoms with E-state index in [1.165, 1.54) is 0 Å². The van der Waals surface area contributed by atoms with E-state index < -0.39 is 0 Å². The standard InChI is InChI=1S/C11H17N3/c1-6-7-8-9(12-5)10(14-13-8)11(2,3)4/h6-7,9H,5H2,1-4H3/b7-6-. The van der Waals surface area contributed by atoms with E-state index in [0.717, 1.165) is 11.4 Å². The lowest BCUT2D eigenvalue weighted by molar-refractivity contribution is 0.578. The fourth-order valence-corrected chi connectivity index (χ4v) is 1.40. The Kier molecular flexibility index (Phi) is 2.99. The highest BCUT2D eigenvalue weighted by Gasteiger charge is 2.32. The van der Waals surface area contributed by atoms with Crippen LogP contribution in [0, 0.1) is 5.41 Å². The SMILES string of the molecule is C=NC1C(/C=C\C)=NN=C1C(C)(C)C. The van der Waals surface area contributed by atoms with Crippen molar-refractivity contribution < 1.29 is 0 Å². The van der Waals surface area contributed by atoms with Gasteiger partial charge in [-0.05, 0) is 19.7 Å². The van der Waals surface area contributed by atoms with Gasteiger partial charge in [0.2, 0.25) is 0 Å². The van der Waals surface area contributed by atoms with Crippen LogP contribution in [0.2, 0.25) is 0 Å². The summed E-state index contributed by atoms with van der Waals surface area (Å²) in [7, 11) is 0. The molecule has 1 rings (SSSR count). The predicted molar refractivity (Wildman–Crippen MR) is 62.5 cm³/mol. The number of rotatable bonds is 2. The molecule has 0 radical (unpaired) electrons. The Hall–Kier alpha value is -1.25. The molecule has 0 N–H and O–H groups in total. The summed E-state index contributed by atoms with van der Waals surface area (Å²) in [5, 5.41) is 8.29. The van der Waals surface area contributed by atoms with E-state index in [2.05, 4.69) is 42.7 Å². The average molecular weight is 191 g/mol. The second-order valence-corrected chi connectivity index (χ2v) is 4.35. The molecule has 0 fully saturated rings. The predicted octanol–water partition coefficient (Wildman–Crippen LogP) is 2.49. The van der Waals surface area contributed by atoms with Crippen LogP contribution in [-0.4, -0.2) is 24.2 Å². The molecule has 0 bridgehead atoms. The molecule has 1 heterocycles. The van der Waals surface area contributed by atoms with Crippen LogP contribution in [0.5, 0.6) is 0 Å². The zero-order valence-electron chi connectivity index (χ0n) is 9.28. The molecule has 0 aromatic carbocycles. The molecule has 0 amide bonds. The molecule has 0 aromatic heterocycles. The van der Waals surface area contributed by atoms with Crippen LogP contribution in [0.4, 0.5) is 0 Å². The number of nitrogens with zero attached hydrogens (tertiary/aromatic N) is 3. The lowest BCUT2D eigenvalue weighted by atomic mass is 9.84.